The Kier molecular flexibility index (Phi) is 7.29. The second-order valence-corrected chi connectivity index (χ2v) is 13.7. The molecule has 7 rings (SSSR count). The number of rotatable bonds is 8. The largest absolute Gasteiger partial charge is 0.455 e. The molecule has 0 unspecified atom stereocenters. The number of nitriles is 1. The summed E-state index contributed by atoms with van der Waals surface area (Å²) in [6, 6.07) is 4.47. The molecule has 3 aromatic rings. The first-order chi connectivity index (χ1) is 21.3. The molecule has 0 radical (unpaired) electrons. The number of thiophene rings is 1. The van der Waals surface area contributed by atoms with Gasteiger partial charge < -0.3 is 24.8 Å². The smallest absolute Gasteiger partial charge is 0.319 e. The van der Waals surface area contributed by atoms with Crippen LogP contribution in [-0.4, -0.2) is 87.2 Å². The SMILES string of the molecule is C=CC(=O)N1CCN(c2cc(-c3noc([C@@]4(C)CCCc5sc(N)c(C#N)c54)n3)nc(OC3(CN4CCCC4)CC3)n2)CC1. The van der Waals surface area contributed by atoms with Crippen LogP contribution in [0.4, 0.5) is 10.8 Å². The van der Waals surface area contributed by atoms with Gasteiger partial charge in [0.2, 0.25) is 17.6 Å². The van der Waals surface area contributed by atoms with E-state index < -0.39 is 5.41 Å². The van der Waals surface area contributed by atoms with Gasteiger partial charge in [-0.25, -0.2) is 0 Å². The molecule has 1 saturated carbocycles. The van der Waals surface area contributed by atoms with Crippen LogP contribution in [0, 0.1) is 11.3 Å². The first kappa shape index (κ1) is 28.7. The summed E-state index contributed by atoms with van der Waals surface area (Å²) in [5.41, 5.74) is 7.24. The topological polar surface area (TPSA) is 151 Å². The Bertz CT molecular complexity index is 1630. The normalized spacial score (nSPS) is 22.8. The monoisotopic (exact) mass is 615 g/mol. The van der Waals surface area contributed by atoms with Crippen LogP contribution in [-0.2, 0) is 16.6 Å². The number of hydrogen-bond acceptors (Lipinski definition) is 12. The van der Waals surface area contributed by atoms with Crippen LogP contribution in [0.2, 0.25) is 0 Å². The number of carbonyl (C=O) groups excluding carboxylic acids is 1. The fourth-order valence-electron chi connectivity index (χ4n) is 6.85. The molecular weight excluding hydrogens is 578 g/mol. The fourth-order valence-corrected chi connectivity index (χ4v) is 8.05. The van der Waals surface area contributed by atoms with E-state index in [0.717, 1.165) is 62.2 Å². The third kappa shape index (κ3) is 5.20. The molecule has 0 aromatic carbocycles. The molecule has 44 heavy (non-hydrogen) atoms. The van der Waals surface area contributed by atoms with Gasteiger partial charge in [-0.05, 0) is 71.0 Å². The minimum Gasteiger partial charge on any atom is -0.455 e. The third-order valence-electron chi connectivity index (χ3n) is 9.49. The Hall–Kier alpha value is -4.02. The quantitative estimate of drug-likeness (QED) is 0.371. The number of likely N-dealkylation sites (tertiary alicyclic amines) is 1. The summed E-state index contributed by atoms with van der Waals surface area (Å²) < 4.78 is 12.5. The Morgan fingerprint density at radius 3 is 2.64 bits per heavy atom. The molecule has 2 aliphatic carbocycles. The van der Waals surface area contributed by atoms with E-state index in [4.69, 9.17) is 29.9 Å². The molecule has 230 valence electrons. The van der Waals surface area contributed by atoms with E-state index in [1.807, 2.05) is 6.07 Å². The maximum atomic E-state index is 12.2. The zero-order valence-electron chi connectivity index (χ0n) is 25.0. The summed E-state index contributed by atoms with van der Waals surface area (Å²) in [4.78, 5) is 34.2. The number of fused-ring (bicyclic) bond motifs is 1. The Balaban J connectivity index is 1.21. The number of anilines is 2. The minimum absolute atomic E-state index is 0.0692. The molecule has 4 aliphatic rings. The number of nitrogen functional groups attached to an aromatic ring is 1. The van der Waals surface area contributed by atoms with Gasteiger partial charge in [-0.1, -0.05) is 11.7 Å². The molecule has 3 aromatic heterocycles. The maximum Gasteiger partial charge on any atom is 0.319 e. The van der Waals surface area contributed by atoms with Crippen LogP contribution in [0.15, 0.2) is 23.2 Å². The van der Waals surface area contributed by atoms with Gasteiger partial charge in [-0.15, -0.1) is 11.3 Å². The van der Waals surface area contributed by atoms with Crippen molar-refractivity contribution >= 4 is 28.1 Å². The number of ether oxygens (including phenoxy) is 1. The molecule has 0 spiro atoms. The standard InChI is InChI=1S/C31H37N9O3S/c1-3-24(41)40-15-13-39(14-16-40)23-17-21(34-29(35-23)42-31(9-10-31)19-38-11-4-5-12-38)27-36-28(43-37-27)30(2)8-6-7-22-25(30)20(18-32)26(33)44-22/h3,17H,1,4-16,19,33H2,2H3/t30-/m0/s1. The molecule has 13 heteroatoms. The Labute approximate surface area is 260 Å². The molecule has 3 fully saturated rings. The lowest BCUT2D eigenvalue weighted by molar-refractivity contribution is -0.126. The number of aryl methyl sites for hydroxylation is 1. The second kappa shape index (κ2) is 11.2. The molecule has 0 bridgehead atoms. The van der Waals surface area contributed by atoms with Gasteiger partial charge in [-0.2, -0.15) is 20.2 Å². The van der Waals surface area contributed by atoms with Crippen molar-refractivity contribution in [1.82, 2.24) is 29.9 Å². The molecular formula is C31H37N9O3S. The summed E-state index contributed by atoms with van der Waals surface area (Å²) in [6.45, 7) is 11.1. The van der Waals surface area contributed by atoms with Crippen molar-refractivity contribution in [3.8, 4) is 23.6 Å². The maximum absolute atomic E-state index is 12.2. The average molecular weight is 616 g/mol. The van der Waals surface area contributed by atoms with Crippen LogP contribution >= 0.6 is 11.3 Å². The number of carbonyl (C=O) groups is 1. The van der Waals surface area contributed by atoms with Crippen LogP contribution in [0.5, 0.6) is 6.01 Å². The highest BCUT2D eigenvalue weighted by Crippen LogP contribution is 2.48. The van der Waals surface area contributed by atoms with Gasteiger partial charge in [0.05, 0.1) is 11.0 Å². The Morgan fingerprint density at radius 2 is 1.93 bits per heavy atom. The molecule has 1 amide bonds. The van der Waals surface area contributed by atoms with Crippen molar-refractivity contribution in [3.05, 3.63) is 40.6 Å². The highest BCUT2D eigenvalue weighted by atomic mass is 32.1. The number of nitrogens with zero attached hydrogens (tertiary/aromatic N) is 8. The summed E-state index contributed by atoms with van der Waals surface area (Å²) >= 11 is 1.48. The van der Waals surface area contributed by atoms with E-state index in [-0.39, 0.29) is 11.5 Å². The summed E-state index contributed by atoms with van der Waals surface area (Å²) in [7, 11) is 0. The first-order valence-electron chi connectivity index (χ1n) is 15.4. The van der Waals surface area contributed by atoms with Crippen molar-refractivity contribution in [2.75, 3.05) is 56.4 Å². The van der Waals surface area contributed by atoms with E-state index in [2.05, 4.69) is 34.5 Å². The number of piperazine rings is 1. The van der Waals surface area contributed by atoms with Crippen molar-refractivity contribution in [2.45, 2.75) is 62.9 Å². The summed E-state index contributed by atoms with van der Waals surface area (Å²) in [6.07, 6.45) is 8.31. The fraction of sp³-hybridized carbons (Fsp3) is 0.548. The first-order valence-corrected chi connectivity index (χ1v) is 16.3. The van der Waals surface area contributed by atoms with Gasteiger partial charge in [0.1, 0.15) is 28.2 Å². The molecule has 5 heterocycles. The molecule has 2 N–H and O–H groups in total. The van der Waals surface area contributed by atoms with E-state index >= 15 is 0 Å². The summed E-state index contributed by atoms with van der Waals surface area (Å²) in [5, 5.41) is 14.8. The van der Waals surface area contributed by atoms with Crippen molar-refractivity contribution in [3.63, 3.8) is 0 Å². The van der Waals surface area contributed by atoms with Crippen LogP contribution < -0.4 is 15.4 Å². The van der Waals surface area contributed by atoms with Gasteiger partial charge in [0, 0.05) is 49.2 Å². The molecule has 1 atom stereocenters. The lowest BCUT2D eigenvalue weighted by Crippen LogP contribution is -2.48. The zero-order valence-corrected chi connectivity index (χ0v) is 25.9. The van der Waals surface area contributed by atoms with Gasteiger partial charge in [0.15, 0.2) is 0 Å². The third-order valence-corrected chi connectivity index (χ3v) is 10.6. The molecule has 2 saturated heterocycles. The predicted octanol–water partition coefficient (Wildman–Crippen LogP) is 3.53. The summed E-state index contributed by atoms with van der Waals surface area (Å²) in [5.74, 6) is 1.41. The van der Waals surface area contributed by atoms with Gasteiger partial charge in [0.25, 0.3) is 0 Å². The van der Waals surface area contributed by atoms with E-state index in [9.17, 15) is 10.1 Å². The number of hydrogen-bond donors (Lipinski definition) is 1. The van der Waals surface area contributed by atoms with Crippen molar-refractivity contribution in [1.29, 1.82) is 5.26 Å². The van der Waals surface area contributed by atoms with E-state index in [0.29, 0.717) is 66.0 Å². The van der Waals surface area contributed by atoms with E-state index in [1.165, 1.54) is 30.3 Å². The lowest BCUT2D eigenvalue weighted by atomic mass is 9.72. The van der Waals surface area contributed by atoms with Crippen LogP contribution in [0.25, 0.3) is 11.5 Å². The minimum atomic E-state index is -0.630. The molecule has 12 nitrogen and oxygen atoms in total. The van der Waals surface area contributed by atoms with E-state index in [1.54, 1.807) is 4.90 Å². The number of nitrogens with two attached hydrogens (primary N) is 1. The highest BCUT2D eigenvalue weighted by Gasteiger charge is 2.48. The van der Waals surface area contributed by atoms with Crippen molar-refractivity contribution in [2.24, 2.45) is 0 Å². The predicted molar refractivity (Wildman–Crippen MR) is 165 cm³/mol. The van der Waals surface area contributed by atoms with Crippen molar-refractivity contribution < 1.29 is 14.1 Å². The lowest BCUT2D eigenvalue weighted by Gasteiger charge is -2.35. The Morgan fingerprint density at radius 1 is 1.16 bits per heavy atom. The highest BCUT2D eigenvalue weighted by molar-refractivity contribution is 7.16. The second-order valence-electron chi connectivity index (χ2n) is 12.5. The van der Waals surface area contributed by atoms with Crippen LogP contribution in [0.1, 0.15) is 67.3 Å². The molecule has 2 aliphatic heterocycles. The zero-order chi connectivity index (χ0) is 30.5. The number of amides is 1. The van der Waals surface area contributed by atoms with Gasteiger partial charge in [-0.3, -0.25) is 9.69 Å². The number of aromatic nitrogens is 4. The van der Waals surface area contributed by atoms with Gasteiger partial charge >= 0.3 is 6.01 Å². The van der Waals surface area contributed by atoms with Crippen LogP contribution in [0.3, 0.4) is 0 Å². The average Bonchev–Trinajstić information content (AvgIpc) is 3.41.